The summed E-state index contributed by atoms with van der Waals surface area (Å²) in [7, 11) is -3.93. The minimum atomic E-state index is -3.93. The molecule has 3 aromatic rings. The van der Waals surface area contributed by atoms with Crippen molar-refractivity contribution in [1.29, 1.82) is 0 Å². The number of nitrogens with one attached hydrogen (secondary N) is 1. The number of carbonyl (C=O) groups is 1. The second-order valence-electron chi connectivity index (χ2n) is 6.73. The number of thioether (sulfide) groups is 1. The Hall–Kier alpha value is -3.10. The molecule has 1 N–H and O–H groups in total. The van der Waals surface area contributed by atoms with Gasteiger partial charge in [0, 0.05) is 4.90 Å². The van der Waals surface area contributed by atoms with Crippen LogP contribution in [0.5, 0.6) is 0 Å². The zero-order valence-corrected chi connectivity index (χ0v) is 18.9. The Labute approximate surface area is 187 Å². The first-order chi connectivity index (χ1) is 14.9. The molecule has 0 aliphatic rings. The van der Waals surface area contributed by atoms with Gasteiger partial charge in [-0.15, -0.1) is 11.8 Å². The maximum Gasteiger partial charge on any atom is 0.264 e. The Bertz CT molecular complexity index is 1160. The molecule has 8 heteroatoms. The highest BCUT2D eigenvalue weighted by Crippen LogP contribution is 2.24. The van der Waals surface area contributed by atoms with E-state index in [0.29, 0.717) is 5.69 Å². The van der Waals surface area contributed by atoms with Crippen molar-refractivity contribution in [1.82, 2.24) is 5.43 Å². The molecular formula is C23H23N3O3S2. The van der Waals surface area contributed by atoms with E-state index >= 15 is 0 Å². The van der Waals surface area contributed by atoms with Crippen LogP contribution in [0.25, 0.3) is 0 Å². The maximum absolute atomic E-state index is 13.2. The third-order valence-electron chi connectivity index (χ3n) is 4.43. The first-order valence-electron chi connectivity index (χ1n) is 9.50. The highest BCUT2D eigenvalue weighted by atomic mass is 32.2. The van der Waals surface area contributed by atoms with Crippen LogP contribution >= 0.6 is 11.8 Å². The number of carbonyl (C=O) groups excluding carboxylic acids is 1. The molecule has 0 heterocycles. The van der Waals surface area contributed by atoms with Crippen molar-refractivity contribution < 1.29 is 13.2 Å². The van der Waals surface area contributed by atoms with E-state index in [0.717, 1.165) is 20.3 Å². The molecule has 0 aromatic heterocycles. The summed E-state index contributed by atoms with van der Waals surface area (Å²) in [4.78, 5) is 13.8. The Morgan fingerprint density at radius 2 is 1.74 bits per heavy atom. The molecule has 0 saturated carbocycles. The Balaban J connectivity index is 1.79. The van der Waals surface area contributed by atoms with Crippen LogP contribution in [0, 0.1) is 6.92 Å². The van der Waals surface area contributed by atoms with Crippen LogP contribution in [-0.4, -0.2) is 33.3 Å². The van der Waals surface area contributed by atoms with Gasteiger partial charge < -0.3 is 0 Å². The van der Waals surface area contributed by atoms with Crippen LogP contribution in [0.1, 0.15) is 11.1 Å². The van der Waals surface area contributed by atoms with E-state index in [-0.39, 0.29) is 4.90 Å². The van der Waals surface area contributed by atoms with Crippen LogP contribution in [-0.2, 0) is 14.8 Å². The monoisotopic (exact) mass is 453 g/mol. The lowest BCUT2D eigenvalue weighted by atomic mass is 10.2. The molecule has 0 atom stereocenters. The number of amides is 1. The molecule has 31 heavy (non-hydrogen) atoms. The van der Waals surface area contributed by atoms with Gasteiger partial charge in [0.1, 0.15) is 6.54 Å². The van der Waals surface area contributed by atoms with Crippen LogP contribution < -0.4 is 9.73 Å². The zero-order chi connectivity index (χ0) is 22.3. The molecule has 3 aromatic carbocycles. The molecule has 0 fully saturated rings. The normalized spacial score (nSPS) is 11.4. The molecule has 0 saturated heterocycles. The van der Waals surface area contributed by atoms with Crippen molar-refractivity contribution >= 4 is 39.6 Å². The summed E-state index contributed by atoms with van der Waals surface area (Å²) in [5.41, 5.74) is 4.54. The number of nitrogens with zero attached hydrogens (tertiary/aromatic N) is 2. The third-order valence-corrected chi connectivity index (χ3v) is 6.96. The minimum Gasteiger partial charge on any atom is -0.271 e. The zero-order valence-electron chi connectivity index (χ0n) is 17.2. The van der Waals surface area contributed by atoms with Crippen molar-refractivity contribution in [3.05, 3.63) is 90.0 Å². The average molecular weight is 454 g/mol. The predicted octanol–water partition coefficient (Wildman–Crippen LogP) is 4.06. The van der Waals surface area contributed by atoms with Gasteiger partial charge in [-0.3, -0.25) is 9.10 Å². The molecule has 0 aliphatic heterocycles. The smallest absolute Gasteiger partial charge is 0.264 e. The largest absolute Gasteiger partial charge is 0.271 e. The first kappa shape index (κ1) is 22.6. The number of hydrazone groups is 1. The molecule has 0 radical (unpaired) electrons. The molecule has 1 amide bonds. The second-order valence-corrected chi connectivity index (χ2v) is 9.47. The van der Waals surface area contributed by atoms with E-state index in [1.165, 1.54) is 18.3 Å². The van der Waals surface area contributed by atoms with Crippen LogP contribution in [0.4, 0.5) is 5.69 Å². The first-order valence-corrected chi connectivity index (χ1v) is 12.2. The van der Waals surface area contributed by atoms with Crippen LogP contribution in [0.3, 0.4) is 0 Å². The number of sulfonamides is 1. The van der Waals surface area contributed by atoms with Gasteiger partial charge in [0.05, 0.1) is 16.8 Å². The summed E-state index contributed by atoms with van der Waals surface area (Å²) >= 11 is 1.64. The standard InChI is InChI=1S/C23H23N3O3S2/c1-18-7-6-8-20(15-18)26(31(28,29)22-9-4-3-5-10-22)17-23(27)25-24-16-19-11-13-21(30-2)14-12-19/h3-16H,17H2,1-2H3,(H,25,27)/b24-16-. The fourth-order valence-corrected chi connectivity index (χ4v) is 4.69. The van der Waals surface area contributed by atoms with Gasteiger partial charge in [-0.1, -0.05) is 42.5 Å². The van der Waals surface area contributed by atoms with E-state index in [1.54, 1.807) is 48.2 Å². The van der Waals surface area contributed by atoms with Crippen molar-refractivity contribution in [2.75, 3.05) is 17.1 Å². The molecular weight excluding hydrogens is 430 g/mol. The number of hydrogen-bond donors (Lipinski definition) is 1. The summed E-state index contributed by atoms with van der Waals surface area (Å²) in [5.74, 6) is -0.544. The molecule has 160 valence electrons. The molecule has 6 nitrogen and oxygen atoms in total. The fraction of sp³-hybridized carbons (Fsp3) is 0.130. The van der Waals surface area contributed by atoms with E-state index < -0.39 is 22.5 Å². The van der Waals surface area contributed by atoms with E-state index in [2.05, 4.69) is 10.5 Å². The van der Waals surface area contributed by atoms with E-state index in [9.17, 15) is 13.2 Å². The van der Waals surface area contributed by atoms with Gasteiger partial charge in [-0.25, -0.2) is 13.8 Å². The number of hydrogen-bond acceptors (Lipinski definition) is 5. The summed E-state index contributed by atoms with van der Waals surface area (Å²) < 4.78 is 27.6. The lowest BCUT2D eigenvalue weighted by molar-refractivity contribution is -0.119. The highest BCUT2D eigenvalue weighted by molar-refractivity contribution is 7.98. The Morgan fingerprint density at radius 1 is 1.03 bits per heavy atom. The van der Waals surface area contributed by atoms with E-state index in [4.69, 9.17) is 0 Å². The molecule has 0 bridgehead atoms. The number of benzene rings is 3. The van der Waals surface area contributed by atoms with Gasteiger partial charge in [0.25, 0.3) is 15.9 Å². The summed E-state index contributed by atoms with van der Waals surface area (Å²) in [6.45, 7) is 1.47. The van der Waals surface area contributed by atoms with Gasteiger partial charge in [0.15, 0.2) is 0 Å². The van der Waals surface area contributed by atoms with Crippen LogP contribution in [0.2, 0.25) is 0 Å². The predicted molar refractivity (Wildman–Crippen MR) is 126 cm³/mol. The highest BCUT2D eigenvalue weighted by Gasteiger charge is 2.27. The number of anilines is 1. The molecule has 0 spiro atoms. The molecule has 3 rings (SSSR count). The number of rotatable bonds is 8. The maximum atomic E-state index is 13.2. The van der Waals surface area contributed by atoms with Crippen molar-refractivity contribution in [3.63, 3.8) is 0 Å². The third kappa shape index (κ3) is 5.96. The fourth-order valence-electron chi connectivity index (χ4n) is 2.85. The van der Waals surface area contributed by atoms with Crippen molar-refractivity contribution in [3.8, 4) is 0 Å². The summed E-state index contributed by atoms with van der Waals surface area (Å²) in [5, 5.41) is 3.96. The van der Waals surface area contributed by atoms with E-state index in [1.807, 2.05) is 43.5 Å². The Kier molecular flexibility index (Phi) is 7.49. The topological polar surface area (TPSA) is 78.8 Å². The lowest BCUT2D eigenvalue weighted by Gasteiger charge is -2.24. The second kappa shape index (κ2) is 10.3. The molecule has 0 aliphatic carbocycles. The molecule has 0 unspecified atom stereocenters. The SMILES string of the molecule is CSc1ccc(/C=N\NC(=O)CN(c2cccc(C)c2)S(=O)(=O)c2ccccc2)cc1. The van der Waals surface area contributed by atoms with Gasteiger partial charge >= 0.3 is 0 Å². The van der Waals surface area contributed by atoms with Gasteiger partial charge in [-0.05, 0) is 60.7 Å². The summed E-state index contributed by atoms with van der Waals surface area (Å²) in [6, 6.07) is 22.8. The minimum absolute atomic E-state index is 0.113. The van der Waals surface area contributed by atoms with Crippen molar-refractivity contribution in [2.45, 2.75) is 16.7 Å². The quantitative estimate of drug-likeness (QED) is 0.317. The van der Waals surface area contributed by atoms with Crippen molar-refractivity contribution in [2.24, 2.45) is 5.10 Å². The average Bonchev–Trinajstić information content (AvgIpc) is 2.78. The summed E-state index contributed by atoms with van der Waals surface area (Å²) in [6.07, 6.45) is 3.51. The lowest BCUT2D eigenvalue weighted by Crippen LogP contribution is -2.39. The van der Waals surface area contributed by atoms with Gasteiger partial charge in [-0.2, -0.15) is 5.10 Å². The van der Waals surface area contributed by atoms with Crippen LogP contribution in [0.15, 0.2) is 93.8 Å². The number of aryl methyl sites for hydroxylation is 1. The Morgan fingerprint density at radius 3 is 2.39 bits per heavy atom. The van der Waals surface area contributed by atoms with Gasteiger partial charge in [0.2, 0.25) is 0 Å².